The van der Waals surface area contributed by atoms with Crippen molar-refractivity contribution in [1.82, 2.24) is 5.32 Å². The highest BCUT2D eigenvalue weighted by Crippen LogP contribution is 2.27. The van der Waals surface area contributed by atoms with Gasteiger partial charge < -0.3 is 5.32 Å². The van der Waals surface area contributed by atoms with Gasteiger partial charge in [0.05, 0.1) is 11.0 Å². The van der Waals surface area contributed by atoms with Gasteiger partial charge in [0.25, 0.3) is 11.6 Å². The molecule has 132 valence electrons. The van der Waals surface area contributed by atoms with Gasteiger partial charge in [-0.05, 0) is 35.6 Å². The summed E-state index contributed by atoms with van der Waals surface area (Å²) >= 11 is 5.80. The molecule has 0 bridgehead atoms. The molecule has 25 heavy (non-hydrogen) atoms. The van der Waals surface area contributed by atoms with Crippen molar-refractivity contribution in [3.8, 4) is 0 Å². The minimum absolute atomic E-state index is 0.0112. The number of halogens is 1. The van der Waals surface area contributed by atoms with Gasteiger partial charge in [-0.3, -0.25) is 14.9 Å². The van der Waals surface area contributed by atoms with Crippen LogP contribution in [0, 0.1) is 16.0 Å². The second-order valence-electron chi connectivity index (χ2n) is 6.21. The summed E-state index contributed by atoms with van der Waals surface area (Å²) in [5, 5.41) is 14.0. The topological polar surface area (TPSA) is 72.2 Å². The lowest BCUT2D eigenvalue weighted by Crippen LogP contribution is -2.31. The van der Waals surface area contributed by atoms with Gasteiger partial charge in [0.1, 0.15) is 5.02 Å². The average molecular weight is 361 g/mol. The van der Waals surface area contributed by atoms with Gasteiger partial charge >= 0.3 is 0 Å². The van der Waals surface area contributed by atoms with Crippen LogP contribution in [-0.4, -0.2) is 10.8 Å². The molecule has 1 atom stereocenters. The van der Waals surface area contributed by atoms with Crippen molar-refractivity contribution in [2.45, 2.75) is 33.2 Å². The second-order valence-corrected chi connectivity index (χ2v) is 6.62. The third-order valence-electron chi connectivity index (χ3n) is 4.11. The van der Waals surface area contributed by atoms with E-state index in [1.807, 2.05) is 38.1 Å². The molecule has 1 N–H and O–H groups in total. The maximum Gasteiger partial charge on any atom is 0.288 e. The normalized spacial score (nSPS) is 12.0. The van der Waals surface area contributed by atoms with Gasteiger partial charge in [-0.2, -0.15) is 0 Å². The van der Waals surface area contributed by atoms with Crippen molar-refractivity contribution >= 4 is 23.2 Å². The van der Waals surface area contributed by atoms with Crippen LogP contribution in [0.4, 0.5) is 5.69 Å². The van der Waals surface area contributed by atoms with Crippen molar-refractivity contribution in [3.63, 3.8) is 0 Å². The van der Waals surface area contributed by atoms with Crippen molar-refractivity contribution in [2.24, 2.45) is 5.92 Å². The predicted octanol–water partition coefficient (Wildman–Crippen LogP) is 4.94. The summed E-state index contributed by atoms with van der Waals surface area (Å²) < 4.78 is 0. The van der Waals surface area contributed by atoms with Crippen LogP contribution in [-0.2, 0) is 6.42 Å². The fourth-order valence-electron chi connectivity index (χ4n) is 2.61. The van der Waals surface area contributed by atoms with Gasteiger partial charge in [0.15, 0.2) is 0 Å². The number of rotatable bonds is 6. The Kier molecular flexibility index (Phi) is 6.15. The molecular formula is C19H21ClN2O3. The van der Waals surface area contributed by atoms with E-state index in [-0.39, 0.29) is 34.1 Å². The molecule has 0 heterocycles. The highest BCUT2D eigenvalue weighted by molar-refractivity contribution is 6.32. The van der Waals surface area contributed by atoms with E-state index in [1.54, 1.807) is 0 Å². The summed E-state index contributed by atoms with van der Waals surface area (Å²) in [4.78, 5) is 23.0. The zero-order chi connectivity index (χ0) is 18.6. The molecule has 0 saturated heterocycles. The molecular weight excluding hydrogens is 340 g/mol. The molecule has 0 unspecified atom stereocenters. The van der Waals surface area contributed by atoms with E-state index >= 15 is 0 Å². The largest absolute Gasteiger partial charge is 0.345 e. The lowest BCUT2D eigenvalue weighted by molar-refractivity contribution is -0.384. The van der Waals surface area contributed by atoms with Crippen molar-refractivity contribution in [2.75, 3.05) is 0 Å². The molecule has 0 radical (unpaired) electrons. The Morgan fingerprint density at radius 3 is 2.36 bits per heavy atom. The Morgan fingerprint density at radius 2 is 1.84 bits per heavy atom. The maximum absolute atomic E-state index is 12.6. The lowest BCUT2D eigenvalue weighted by atomic mass is 9.94. The first-order valence-electron chi connectivity index (χ1n) is 8.17. The molecule has 0 aliphatic rings. The number of nitrogens with one attached hydrogen (secondary N) is 1. The number of aryl methyl sites for hydroxylation is 1. The number of carbonyl (C=O) groups excluding carboxylic acids is 1. The van der Waals surface area contributed by atoms with Crippen LogP contribution in [0.2, 0.25) is 5.02 Å². The van der Waals surface area contributed by atoms with Gasteiger partial charge in [0, 0.05) is 11.6 Å². The molecule has 0 aliphatic heterocycles. The first kappa shape index (κ1) is 18.9. The fraction of sp³-hybridized carbons (Fsp3) is 0.316. The summed E-state index contributed by atoms with van der Waals surface area (Å²) in [6, 6.07) is 12.0. The summed E-state index contributed by atoms with van der Waals surface area (Å²) in [6.45, 7) is 6.12. The van der Waals surface area contributed by atoms with Gasteiger partial charge in [-0.15, -0.1) is 0 Å². The number of carbonyl (C=O) groups is 1. The zero-order valence-corrected chi connectivity index (χ0v) is 15.2. The minimum atomic E-state index is -0.595. The molecule has 0 aromatic heterocycles. The third-order valence-corrected chi connectivity index (χ3v) is 4.42. The van der Waals surface area contributed by atoms with Crippen molar-refractivity contribution in [3.05, 3.63) is 74.3 Å². The monoisotopic (exact) mass is 360 g/mol. The van der Waals surface area contributed by atoms with E-state index in [4.69, 9.17) is 11.6 Å². The third kappa shape index (κ3) is 4.57. The van der Waals surface area contributed by atoms with Crippen LogP contribution >= 0.6 is 11.6 Å². The number of amides is 1. The molecule has 6 heteroatoms. The predicted molar refractivity (Wildman–Crippen MR) is 99.0 cm³/mol. The van der Waals surface area contributed by atoms with Crippen LogP contribution in [0.5, 0.6) is 0 Å². The number of nitro groups is 1. The van der Waals surface area contributed by atoms with Crippen LogP contribution < -0.4 is 5.32 Å². The molecule has 0 saturated carbocycles. The van der Waals surface area contributed by atoms with E-state index in [0.29, 0.717) is 0 Å². The maximum atomic E-state index is 12.6. The summed E-state index contributed by atoms with van der Waals surface area (Å²) in [7, 11) is 0. The molecule has 5 nitrogen and oxygen atoms in total. The SMILES string of the molecule is CCc1ccc([C@@H](NC(=O)c2ccc(Cl)c([N+](=O)[O-])c2)C(C)C)cc1. The quantitative estimate of drug-likeness (QED) is 0.585. The highest BCUT2D eigenvalue weighted by atomic mass is 35.5. The fourth-order valence-corrected chi connectivity index (χ4v) is 2.80. The number of hydrogen-bond donors (Lipinski definition) is 1. The number of benzene rings is 2. The Morgan fingerprint density at radius 1 is 1.20 bits per heavy atom. The van der Waals surface area contributed by atoms with E-state index < -0.39 is 4.92 Å². The first-order chi connectivity index (χ1) is 11.8. The molecule has 1 amide bonds. The zero-order valence-electron chi connectivity index (χ0n) is 14.5. The van der Waals surface area contributed by atoms with Crippen molar-refractivity contribution < 1.29 is 9.72 Å². The van der Waals surface area contributed by atoms with Crippen LogP contribution in [0.1, 0.15) is 48.3 Å². The summed E-state index contributed by atoms with van der Waals surface area (Å²) in [5.74, 6) is -0.197. The van der Waals surface area contributed by atoms with Gasteiger partial charge in [0.2, 0.25) is 0 Å². The number of nitro benzene ring substituents is 1. The van der Waals surface area contributed by atoms with E-state index in [2.05, 4.69) is 12.2 Å². The van der Waals surface area contributed by atoms with Gasteiger partial charge in [-0.25, -0.2) is 0 Å². The Labute approximate surface area is 152 Å². The Hall–Kier alpha value is -2.40. The van der Waals surface area contributed by atoms with Crippen LogP contribution in [0.3, 0.4) is 0 Å². The minimum Gasteiger partial charge on any atom is -0.345 e. The highest BCUT2D eigenvalue weighted by Gasteiger charge is 2.21. The second kappa shape index (κ2) is 8.12. The lowest BCUT2D eigenvalue weighted by Gasteiger charge is -2.23. The Balaban J connectivity index is 2.25. The van der Waals surface area contributed by atoms with E-state index in [9.17, 15) is 14.9 Å². The molecule has 2 aromatic carbocycles. The standard InChI is InChI=1S/C19H21ClN2O3/c1-4-13-5-7-14(8-6-13)18(12(2)3)21-19(23)15-9-10-16(20)17(11-15)22(24)25/h5-12,18H,4H2,1-3H3,(H,21,23)/t18-/m0/s1. The smallest absolute Gasteiger partial charge is 0.288 e. The molecule has 0 spiro atoms. The van der Waals surface area contributed by atoms with E-state index in [1.165, 1.54) is 23.8 Å². The first-order valence-corrected chi connectivity index (χ1v) is 8.55. The number of hydrogen-bond acceptors (Lipinski definition) is 3. The summed E-state index contributed by atoms with van der Waals surface area (Å²) in [5.41, 5.74) is 2.17. The molecule has 0 aliphatic carbocycles. The van der Waals surface area contributed by atoms with E-state index in [0.717, 1.165) is 12.0 Å². The van der Waals surface area contributed by atoms with Crippen LogP contribution in [0.15, 0.2) is 42.5 Å². The van der Waals surface area contributed by atoms with Gasteiger partial charge in [-0.1, -0.05) is 56.6 Å². The Bertz CT molecular complexity index is 773. The average Bonchev–Trinajstić information content (AvgIpc) is 2.59. The number of nitrogens with zero attached hydrogens (tertiary/aromatic N) is 1. The molecule has 0 fully saturated rings. The summed E-state index contributed by atoms with van der Waals surface area (Å²) in [6.07, 6.45) is 0.952. The van der Waals surface area contributed by atoms with Crippen molar-refractivity contribution in [1.29, 1.82) is 0 Å². The molecule has 2 rings (SSSR count). The van der Waals surface area contributed by atoms with Crippen LogP contribution in [0.25, 0.3) is 0 Å². The molecule has 2 aromatic rings.